The van der Waals surface area contributed by atoms with E-state index in [0.29, 0.717) is 17.1 Å². The molecule has 0 aliphatic carbocycles. The first-order valence-electron chi connectivity index (χ1n) is 12.4. The van der Waals surface area contributed by atoms with Crippen LogP contribution >= 0.6 is 0 Å². The molecule has 0 aliphatic heterocycles. The second-order valence-corrected chi connectivity index (χ2v) is 10.6. The molecule has 37 heavy (non-hydrogen) atoms. The number of fused-ring (bicyclic) bond motifs is 4. The average molecular weight is 489 g/mol. The van der Waals surface area contributed by atoms with E-state index in [4.69, 9.17) is 9.72 Å². The molecule has 0 amide bonds. The Balaban J connectivity index is 1.56. The van der Waals surface area contributed by atoms with E-state index in [1.54, 1.807) is 6.20 Å². The van der Waals surface area contributed by atoms with Gasteiger partial charge in [0, 0.05) is 41.4 Å². The van der Waals surface area contributed by atoms with Crippen LogP contribution in [0.25, 0.3) is 38.7 Å². The summed E-state index contributed by atoms with van der Waals surface area (Å²) in [4.78, 5) is 25.1. The van der Waals surface area contributed by atoms with Gasteiger partial charge in [0.2, 0.25) is 11.3 Å². The van der Waals surface area contributed by atoms with Crippen LogP contribution in [0.1, 0.15) is 37.5 Å². The van der Waals surface area contributed by atoms with Crippen LogP contribution in [-0.4, -0.2) is 19.5 Å². The Morgan fingerprint density at radius 3 is 2.57 bits per heavy atom. The highest BCUT2D eigenvalue weighted by Gasteiger charge is 2.21. The molecule has 2 aromatic carbocycles. The highest BCUT2D eigenvalue weighted by molar-refractivity contribution is 6.10. The maximum Gasteiger partial charge on any atom is 0.220 e. The second kappa shape index (κ2) is 8.30. The van der Waals surface area contributed by atoms with Gasteiger partial charge in [-0.2, -0.15) is 0 Å². The topological polar surface area (TPSA) is 72.8 Å². The summed E-state index contributed by atoms with van der Waals surface area (Å²) in [7, 11) is 0. The van der Waals surface area contributed by atoms with E-state index in [9.17, 15) is 4.79 Å². The highest BCUT2D eigenvalue weighted by atomic mass is 16.5. The summed E-state index contributed by atoms with van der Waals surface area (Å²) in [5.74, 6) is 1.89. The lowest BCUT2D eigenvalue weighted by Crippen LogP contribution is -2.15. The van der Waals surface area contributed by atoms with Crippen LogP contribution in [0.3, 0.4) is 0 Å². The van der Waals surface area contributed by atoms with Gasteiger partial charge in [0.15, 0.2) is 0 Å². The number of aryl methyl sites for hydroxylation is 2. The molecule has 0 saturated heterocycles. The van der Waals surface area contributed by atoms with Crippen LogP contribution < -0.4 is 10.2 Å². The Morgan fingerprint density at radius 1 is 0.946 bits per heavy atom. The molecule has 6 heteroatoms. The van der Waals surface area contributed by atoms with Crippen LogP contribution in [0.4, 0.5) is 0 Å². The molecule has 4 aromatic heterocycles. The number of para-hydroxylation sites is 1. The van der Waals surface area contributed by atoms with Gasteiger partial charge < -0.3 is 9.72 Å². The summed E-state index contributed by atoms with van der Waals surface area (Å²) in [6, 6.07) is 19.9. The van der Waals surface area contributed by atoms with Gasteiger partial charge in [-0.3, -0.25) is 9.36 Å². The van der Waals surface area contributed by atoms with Gasteiger partial charge in [0.25, 0.3) is 0 Å². The largest absolute Gasteiger partial charge is 0.439 e. The quantitative estimate of drug-likeness (QED) is 0.288. The summed E-state index contributed by atoms with van der Waals surface area (Å²) >= 11 is 0. The van der Waals surface area contributed by atoms with Crippen molar-refractivity contribution in [1.29, 1.82) is 0 Å². The van der Waals surface area contributed by atoms with Crippen LogP contribution in [-0.2, 0) is 5.41 Å². The minimum absolute atomic E-state index is 0.138. The Bertz CT molecular complexity index is 1890. The average Bonchev–Trinajstić information content (AvgIpc) is 3.18. The van der Waals surface area contributed by atoms with Gasteiger partial charge in [-0.1, -0.05) is 39.0 Å². The number of H-pyrrole nitrogens is 1. The van der Waals surface area contributed by atoms with Crippen LogP contribution in [0.5, 0.6) is 11.6 Å². The molecule has 6 nitrogen and oxygen atoms in total. The predicted octanol–water partition coefficient (Wildman–Crippen LogP) is 7.12. The number of nitrogens with one attached hydrogen (secondary N) is 1. The molecule has 0 aliphatic rings. The number of benzene rings is 2. The smallest absolute Gasteiger partial charge is 0.220 e. The number of rotatable bonds is 3. The molecule has 184 valence electrons. The van der Waals surface area contributed by atoms with Gasteiger partial charge in [0.1, 0.15) is 17.1 Å². The minimum Gasteiger partial charge on any atom is -0.439 e. The lowest BCUT2D eigenvalue weighted by atomic mass is 9.86. The number of ether oxygens (including phenoxy) is 1. The normalized spacial score (nSPS) is 12.0. The third-order valence-electron chi connectivity index (χ3n) is 6.81. The number of hydrogen-bond acceptors (Lipinski definition) is 4. The maximum atomic E-state index is 12.6. The zero-order chi connectivity index (χ0) is 25.9. The van der Waals surface area contributed by atoms with Gasteiger partial charge in [-0.25, -0.2) is 9.97 Å². The van der Waals surface area contributed by atoms with E-state index >= 15 is 0 Å². The fourth-order valence-corrected chi connectivity index (χ4v) is 5.05. The first kappa shape index (κ1) is 23.0. The Morgan fingerprint density at radius 2 is 1.78 bits per heavy atom. The van der Waals surface area contributed by atoms with E-state index in [2.05, 4.69) is 79.5 Å². The van der Waals surface area contributed by atoms with Crippen molar-refractivity contribution in [3.05, 3.63) is 100.0 Å². The number of aromatic amines is 1. The fourth-order valence-electron chi connectivity index (χ4n) is 5.05. The van der Waals surface area contributed by atoms with E-state index in [1.165, 1.54) is 11.6 Å². The zero-order valence-corrected chi connectivity index (χ0v) is 21.6. The molecule has 6 rings (SSSR count). The van der Waals surface area contributed by atoms with E-state index in [0.717, 1.165) is 44.3 Å². The Hall–Kier alpha value is -4.45. The van der Waals surface area contributed by atoms with Crippen molar-refractivity contribution in [3.8, 4) is 17.4 Å². The molecule has 0 atom stereocenters. The third-order valence-corrected chi connectivity index (χ3v) is 6.81. The van der Waals surface area contributed by atoms with Crippen molar-refractivity contribution >= 4 is 32.8 Å². The molecule has 0 bridgehead atoms. The fraction of sp³-hybridized carbons (Fsp3) is 0.194. The molecular weight excluding hydrogens is 460 g/mol. The van der Waals surface area contributed by atoms with E-state index in [1.807, 2.05) is 30.5 Å². The Kier molecular flexibility index (Phi) is 5.16. The second-order valence-electron chi connectivity index (χ2n) is 10.6. The number of aromatic nitrogens is 4. The summed E-state index contributed by atoms with van der Waals surface area (Å²) < 4.78 is 8.52. The van der Waals surface area contributed by atoms with Crippen molar-refractivity contribution in [1.82, 2.24) is 19.5 Å². The lowest BCUT2D eigenvalue weighted by Gasteiger charge is -2.21. The van der Waals surface area contributed by atoms with Gasteiger partial charge in [-0.15, -0.1) is 0 Å². The van der Waals surface area contributed by atoms with Crippen molar-refractivity contribution in [3.63, 3.8) is 0 Å². The van der Waals surface area contributed by atoms with Crippen molar-refractivity contribution < 1.29 is 4.74 Å². The van der Waals surface area contributed by atoms with E-state index in [-0.39, 0.29) is 10.8 Å². The van der Waals surface area contributed by atoms with Crippen LogP contribution in [0, 0.1) is 13.8 Å². The number of hydrogen-bond donors (Lipinski definition) is 1. The molecule has 4 heterocycles. The first-order valence-corrected chi connectivity index (χ1v) is 12.4. The summed E-state index contributed by atoms with van der Waals surface area (Å²) in [5, 5.41) is 2.28. The van der Waals surface area contributed by atoms with Gasteiger partial charge in [-0.05, 0) is 60.2 Å². The van der Waals surface area contributed by atoms with E-state index < -0.39 is 0 Å². The van der Waals surface area contributed by atoms with Crippen LogP contribution in [0.2, 0.25) is 0 Å². The standard InChI is InChI=1S/C31H28N4O2/c1-18-11-13-32-26(15-18)35-24-16-20(9-10-21(24)22-8-6-7-19(2)30(22)35)37-27-17-23(31(3,4)5)28-29(34-27)25(36)12-14-33-28/h6-17H,1-5H3,(H,33,36). The van der Waals surface area contributed by atoms with Crippen molar-refractivity contribution in [2.45, 2.75) is 40.0 Å². The van der Waals surface area contributed by atoms with Gasteiger partial charge >= 0.3 is 0 Å². The monoisotopic (exact) mass is 488 g/mol. The third kappa shape index (κ3) is 3.85. The number of nitrogens with zero attached hydrogens (tertiary/aromatic N) is 3. The van der Waals surface area contributed by atoms with Crippen LogP contribution in [0.15, 0.2) is 77.9 Å². The Labute approximate surface area is 214 Å². The van der Waals surface area contributed by atoms with Crippen molar-refractivity contribution in [2.75, 3.05) is 0 Å². The first-order chi connectivity index (χ1) is 17.7. The molecule has 6 aromatic rings. The maximum absolute atomic E-state index is 12.6. The number of pyridine rings is 3. The summed E-state index contributed by atoms with van der Waals surface area (Å²) in [6.45, 7) is 10.5. The molecule has 0 saturated carbocycles. The van der Waals surface area contributed by atoms with Gasteiger partial charge in [0.05, 0.1) is 16.6 Å². The van der Waals surface area contributed by atoms with Crippen molar-refractivity contribution in [2.24, 2.45) is 0 Å². The highest BCUT2D eigenvalue weighted by Crippen LogP contribution is 2.37. The summed E-state index contributed by atoms with van der Waals surface area (Å²) in [6.07, 6.45) is 3.50. The zero-order valence-electron chi connectivity index (χ0n) is 21.6. The molecule has 0 fully saturated rings. The molecule has 0 spiro atoms. The minimum atomic E-state index is -0.214. The molecule has 0 radical (unpaired) electrons. The lowest BCUT2D eigenvalue weighted by molar-refractivity contribution is 0.462. The molecule has 0 unspecified atom stereocenters. The molecule has 1 N–H and O–H groups in total. The SMILES string of the molecule is Cc1ccnc(-n2c3cc(Oc4cc(C(C)(C)C)c5[nH]ccc(=O)c5n4)ccc3c3cccc(C)c32)c1. The summed E-state index contributed by atoms with van der Waals surface area (Å²) in [5.41, 5.74) is 6.16. The predicted molar refractivity (Wildman–Crippen MR) is 149 cm³/mol. The molecular formula is C31H28N4O2.